The molecule has 2 saturated heterocycles. The Morgan fingerprint density at radius 1 is 1.25 bits per heavy atom. The van der Waals surface area contributed by atoms with Crippen molar-refractivity contribution in [3.63, 3.8) is 0 Å². The maximum absolute atomic E-state index is 13.1. The summed E-state index contributed by atoms with van der Waals surface area (Å²) in [5, 5.41) is 2.87. The molecule has 10 heteroatoms. The number of sulfonamides is 1. The molecular formula is C26H30N4O5S. The van der Waals surface area contributed by atoms with Crippen molar-refractivity contribution < 1.29 is 22.8 Å². The average molecular weight is 511 g/mol. The zero-order valence-electron chi connectivity index (χ0n) is 20.2. The van der Waals surface area contributed by atoms with E-state index >= 15 is 0 Å². The third kappa shape index (κ3) is 5.24. The van der Waals surface area contributed by atoms with Crippen LogP contribution in [-0.4, -0.2) is 71.9 Å². The SMILES string of the molecule is C=Cc1ccc(C(=O)NCCC(C)CC(=O)N2CCC3C2C(=O)CN3S(=O)(=O)c2cccnc2)cc1. The quantitative estimate of drug-likeness (QED) is 0.552. The third-order valence-corrected chi connectivity index (χ3v) is 8.65. The Bertz CT molecular complexity index is 1250. The number of rotatable bonds is 9. The minimum Gasteiger partial charge on any atom is -0.352 e. The largest absolute Gasteiger partial charge is 0.352 e. The van der Waals surface area contributed by atoms with E-state index in [1.54, 1.807) is 18.2 Å². The lowest BCUT2D eigenvalue weighted by atomic mass is 10.0. The van der Waals surface area contributed by atoms with Gasteiger partial charge in [0.25, 0.3) is 5.91 Å². The first kappa shape index (κ1) is 25.7. The van der Waals surface area contributed by atoms with E-state index in [1.165, 1.54) is 33.7 Å². The van der Waals surface area contributed by atoms with E-state index in [0.29, 0.717) is 31.5 Å². The van der Waals surface area contributed by atoms with Crippen LogP contribution in [0.4, 0.5) is 0 Å². The van der Waals surface area contributed by atoms with E-state index < -0.39 is 22.1 Å². The number of nitrogens with one attached hydrogen (secondary N) is 1. The number of Topliss-reactive ketones (excluding diaryl/α,β-unsaturated/α-hetero) is 1. The van der Waals surface area contributed by atoms with Crippen molar-refractivity contribution in [2.24, 2.45) is 5.92 Å². The molecule has 2 fully saturated rings. The van der Waals surface area contributed by atoms with Gasteiger partial charge in [-0.05, 0) is 48.6 Å². The monoisotopic (exact) mass is 510 g/mol. The van der Waals surface area contributed by atoms with E-state index in [0.717, 1.165) is 5.56 Å². The highest BCUT2D eigenvalue weighted by molar-refractivity contribution is 7.89. The minimum absolute atomic E-state index is 0.0216. The number of nitrogens with zero attached hydrogens (tertiary/aromatic N) is 3. The molecule has 4 rings (SSSR count). The summed E-state index contributed by atoms with van der Waals surface area (Å²) in [6.45, 7) is 6.12. The van der Waals surface area contributed by atoms with E-state index in [9.17, 15) is 22.8 Å². The normalized spacial score (nSPS) is 20.7. The highest BCUT2D eigenvalue weighted by Gasteiger charge is 2.53. The number of aromatic nitrogens is 1. The van der Waals surface area contributed by atoms with Gasteiger partial charge in [0, 0.05) is 37.5 Å². The minimum atomic E-state index is -3.88. The van der Waals surface area contributed by atoms with Crippen LogP contribution < -0.4 is 5.32 Å². The molecule has 0 saturated carbocycles. The second-order valence-corrected chi connectivity index (χ2v) is 11.2. The van der Waals surface area contributed by atoms with Crippen LogP contribution in [0.15, 0.2) is 60.3 Å². The molecule has 0 bridgehead atoms. The zero-order chi connectivity index (χ0) is 25.9. The first-order valence-corrected chi connectivity index (χ1v) is 13.4. The molecule has 2 amide bonds. The molecule has 2 aliphatic heterocycles. The number of fused-ring (bicyclic) bond motifs is 1. The number of pyridine rings is 1. The van der Waals surface area contributed by atoms with Crippen LogP contribution in [0.2, 0.25) is 0 Å². The summed E-state index contributed by atoms with van der Waals surface area (Å²) in [6.07, 6.45) is 5.69. The van der Waals surface area contributed by atoms with Crippen LogP contribution in [0.1, 0.15) is 42.1 Å². The fraction of sp³-hybridized carbons (Fsp3) is 0.385. The first-order chi connectivity index (χ1) is 17.2. The Kier molecular flexibility index (Phi) is 7.65. The highest BCUT2D eigenvalue weighted by Crippen LogP contribution is 2.34. The molecule has 9 nitrogen and oxygen atoms in total. The Hall–Kier alpha value is -3.37. The molecule has 36 heavy (non-hydrogen) atoms. The molecule has 1 aromatic heterocycles. The third-order valence-electron chi connectivity index (χ3n) is 6.79. The highest BCUT2D eigenvalue weighted by atomic mass is 32.2. The Morgan fingerprint density at radius 3 is 2.67 bits per heavy atom. The first-order valence-electron chi connectivity index (χ1n) is 12.0. The molecule has 3 atom stereocenters. The smallest absolute Gasteiger partial charge is 0.251 e. The van der Waals surface area contributed by atoms with Crippen molar-refractivity contribution in [1.82, 2.24) is 19.5 Å². The van der Waals surface area contributed by atoms with Gasteiger partial charge in [-0.3, -0.25) is 19.4 Å². The predicted octanol–water partition coefficient (Wildman–Crippen LogP) is 2.11. The van der Waals surface area contributed by atoms with Crippen LogP contribution in [0, 0.1) is 5.92 Å². The van der Waals surface area contributed by atoms with Crippen molar-refractivity contribution in [3.8, 4) is 0 Å². The maximum Gasteiger partial charge on any atom is 0.251 e. The summed E-state index contributed by atoms with van der Waals surface area (Å²) >= 11 is 0. The van der Waals surface area contributed by atoms with Gasteiger partial charge in [0.1, 0.15) is 10.9 Å². The van der Waals surface area contributed by atoms with Gasteiger partial charge in [0.05, 0.1) is 12.6 Å². The number of amides is 2. The number of likely N-dealkylation sites (tertiary alicyclic amines) is 1. The number of benzene rings is 1. The lowest BCUT2D eigenvalue weighted by Crippen LogP contribution is -2.44. The van der Waals surface area contributed by atoms with Crippen molar-refractivity contribution in [2.45, 2.75) is 43.2 Å². The molecule has 3 unspecified atom stereocenters. The molecule has 1 aromatic carbocycles. The summed E-state index contributed by atoms with van der Waals surface area (Å²) < 4.78 is 27.4. The Labute approximate surface area is 211 Å². The van der Waals surface area contributed by atoms with Crippen LogP contribution in [0.3, 0.4) is 0 Å². The topological polar surface area (TPSA) is 117 Å². The van der Waals surface area contributed by atoms with Crippen LogP contribution in [0.5, 0.6) is 0 Å². The summed E-state index contributed by atoms with van der Waals surface area (Å²) in [5.74, 6) is -0.638. The van der Waals surface area contributed by atoms with Crippen molar-refractivity contribution in [3.05, 3.63) is 66.5 Å². The number of hydrogen-bond donors (Lipinski definition) is 1. The van der Waals surface area contributed by atoms with Crippen LogP contribution >= 0.6 is 0 Å². The fourth-order valence-electron chi connectivity index (χ4n) is 4.83. The lowest BCUT2D eigenvalue weighted by molar-refractivity contribution is -0.137. The summed E-state index contributed by atoms with van der Waals surface area (Å²) in [7, 11) is -3.88. The van der Waals surface area contributed by atoms with Gasteiger partial charge in [-0.25, -0.2) is 8.42 Å². The summed E-state index contributed by atoms with van der Waals surface area (Å²) in [6, 6.07) is 8.78. The Morgan fingerprint density at radius 2 is 2.00 bits per heavy atom. The molecule has 0 radical (unpaired) electrons. The molecular weight excluding hydrogens is 480 g/mol. The number of hydrogen-bond acceptors (Lipinski definition) is 6. The second kappa shape index (κ2) is 10.7. The van der Waals surface area contributed by atoms with Crippen LogP contribution in [-0.2, 0) is 19.6 Å². The van der Waals surface area contributed by atoms with E-state index in [2.05, 4.69) is 16.9 Å². The molecule has 2 aromatic rings. The standard InChI is InChI=1S/C26H30N4O5S/c1-3-19-6-8-20(9-7-19)26(33)28-13-10-18(2)15-24(32)29-14-11-22-25(29)23(31)17-30(22)36(34,35)21-5-4-12-27-16-21/h3-9,12,16,18,22,25H,1,10-11,13-15,17H2,2H3,(H,28,33). The second-order valence-electron chi connectivity index (χ2n) is 9.27. The van der Waals surface area contributed by atoms with Crippen molar-refractivity contribution in [2.75, 3.05) is 19.6 Å². The molecule has 190 valence electrons. The van der Waals surface area contributed by atoms with E-state index in [4.69, 9.17) is 0 Å². The van der Waals surface area contributed by atoms with E-state index in [1.807, 2.05) is 19.1 Å². The van der Waals surface area contributed by atoms with Gasteiger partial charge in [-0.2, -0.15) is 4.31 Å². The zero-order valence-corrected chi connectivity index (χ0v) is 21.0. The predicted molar refractivity (Wildman–Crippen MR) is 134 cm³/mol. The molecule has 3 heterocycles. The van der Waals surface area contributed by atoms with Gasteiger partial charge in [-0.1, -0.05) is 31.7 Å². The van der Waals surface area contributed by atoms with Crippen molar-refractivity contribution >= 4 is 33.7 Å². The van der Waals surface area contributed by atoms with Gasteiger partial charge in [-0.15, -0.1) is 0 Å². The van der Waals surface area contributed by atoms with Gasteiger partial charge < -0.3 is 10.2 Å². The van der Waals surface area contributed by atoms with Gasteiger partial charge in [0.15, 0.2) is 5.78 Å². The molecule has 2 aliphatic rings. The van der Waals surface area contributed by atoms with Gasteiger partial charge in [0.2, 0.25) is 15.9 Å². The number of ketones is 1. The van der Waals surface area contributed by atoms with E-state index in [-0.39, 0.29) is 41.4 Å². The molecule has 0 aliphatic carbocycles. The maximum atomic E-state index is 13.1. The number of carbonyl (C=O) groups excluding carboxylic acids is 3. The fourth-order valence-corrected chi connectivity index (χ4v) is 6.42. The lowest BCUT2D eigenvalue weighted by Gasteiger charge is -2.25. The average Bonchev–Trinajstić information content (AvgIpc) is 3.46. The summed E-state index contributed by atoms with van der Waals surface area (Å²) in [4.78, 5) is 43.6. The number of carbonyl (C=O) groups is 3. The molecule has 0 spiro atoms. The van der Waals surface area contributed by atoms with Crippen molar-refractivity contribution in [1.29, 1.82) is 0 Å². The van der Waals surface area contributed by atoms with Crippen LogP contribution in [0.25, 0.3) is 6.08 Å². The summed E-state index contributed by atoms with van der Waals surface area (Å²) in [5.41, 5.74) is 1.49. The Balaban J connectivity index is 1.30. The van der Waals surface area contributed by atoms with Gasteiger partial charge >= 0.3 is 0 Å². The molecule has 1 N–H and O–H groups in total.